The fraction of sp³-hybridized carbons (Fsp3) is 0.421. The van der Waals surface area contributed by atoms with E-state index in [1.807, 2.05) is 31.2 Å². The maximum Gasteiger partial charge on any atom is 0.328 e. The summed E-state index contributed by atoms with van der Waals surface area (Å²) in [7, 11) is 0. The van der Waals surface area contributed by atoms with Crippen molar-refractivity contribution in [2.24, 2.45) is 0 Å². The maximum absolute atomic E-state index is 12.2. The Labute approximate surface area is 166 Å². The molecule has 0 aliphatic carbocycles. The smallest absolute Gasteiger partial charge is 0.328 e. The number of fused-ring (bicyclic) bond motifs is 1. The van der Waals surface area contributed by atoms with E-state index in [9.17, 15) is 9.59 Å². The zero-order valence-corrected chi connectivity index (χ0v) is 17.1. The van der Waals surface area contributed by atoms with Crippen LogP contribution < -0.4 is 5.56 Å². The number of esters is 1. The summed E-state index contributed by atoms with van der Waals surface area (Å²) in [5, 5.41) is 4.60. The van der Waals surface area contributed by atoms with E-state index in [1.54, 1.807) is 20.8 Å². The van der Waals surface area contributed by atoms with Crippen molar-refractivity contribution in [3.8, 4) is 0 Å². The summed E-state index contributed by atoms with van der Waals surface area (Å²) in [5.41, 5.74) is 0.744. The first-order chi connectivity index (χ1) is 13.2. The number of hydrogen-bond donors (Lipinski definition) is 0. The van der Waals surface area contributed by atoms with Gasteiger partial charge in [0.15, 0.2) is 10.7 Å². The number of rotatable bonds is 6. The Hall–Kier alpha value is -2.68. The number of para-hydroxylation sites is 2. The third-order valence-electron chi connectivity index (χ3n) is 3.60. The molecule has 0 aliphatic rings. The van der Waals surface area contributed by atoms with E-state index in [0.717, 1.165) is 5.52 Å². The van der Waals surface area contributed by atoms with Gasteiger partial charge in [-0.1, -0.05) is 30.8 Å². The van der Waals surface area contributed by atoms with E-state index in [1.165, 1.54) is 16.4 Å². The van der Waals surface area contributed by atoms with Gasteiger partial charge in [0.05, 0.1) is 5.75 Å². The van der Waals surface area contributed by atoms with Gasteiger partial charge in [-0.25, -0.2) is 9.67 Å². The number of carbonyl (C=O) groups excluding carboxylic acids is 1. The van der Waals surface area contributed by atoms with Gasteiger partial charge in [0, 0.05) is 0 Å². The van der Waals surface area contributed by atoms with E-state index in [4.69, 9.17) is 9.15 Å². The Kier molecular flexibility index (Phi) is 5.83. The fourth-order valence-electron chi connectivity index (χ4n) is 2.48. The van der Waals surface area contributed by atoms with Gasteiger partial charge in [-0.05, 0) is 39.3 Å². The second-order valence-electron chi connectivity index (χ2n) is 7.11. The molecule has 2 heterocycles. The molecule has 0 saturated carbocycles. The van der Waals surface area contributed by atoms with Crippen molar-refractivity contribution >= 4 is 28.8 Å². The average molecular weight is 402 g/mol. The third-order valence-corrected chi connectivity index (χ3v) is 4.55. The van der Waals surface area contributed by atoms with E-state index < -0.39 is 17.1 Å². The molecule has 8 nitrogen and oxygen atoms in total. The standard InChI is InChI=1S/C19H22N4O4S/c1-5-12-17(25)21-18(23(22-12)10-16(24)27-19(2,3)4)28-11-15-20-13-8-6-7-9-14(13)26-15/h6-9H,5,10-11H2,1-4H3. The minimum Gasteiger partial charge on any atom is -0.459 e. The molecule has 0 atom stereocenters. The summed E-state index contributed by atoms with van der Waals surface area (Å²) in [6.07, 6.45) is 0.427. The van der Waals surface area contributed by atoms with Crippen molar-refractivity contribution in [2.75, 3.05) is 0 Å². The number of oxazole rings is 1. The van der Waals surface area contributed by atoms with Crippen molar-refractivity contribution in [2.45, 2.75) is 57.2 Å². The minimum atomic E-state index is -0.608. The number of benzene rings is 1. The van der Waals surface area contributed by atoms with Crippen molar-refractivity contribution < 1.29 is 13.9 Å². The molecule has 28 heavy (non-hydrogen) atoms. The van der Waals surface area contributed by atoms with Gasteiger partial charge in [-0.2, -0.15) is 10.1 Å². The minimum absolute atomic E-state index is 0.132. The molecule has 0 aliphatic heterocycles. The predicted molar refractivity (Wildman–Crippen MR) is 105 cm³/mol. The van der Waals surface area contributed by atoms with E-state index in [0.29, 0.717) is 34.5 Å². The van der Waals surface area contributed by atoms with Gasteiger partial charge >= 0.3 is 5.97 Å². The number of carbonyl (C=O) groups is 1. The van der Waals surface area contributed by atoms with Gasteiger partial charge in [-0.15, -0.1) is 0 Å². The highest BCUT2D eigenvalue weighted by atomic mass is 32.2. The number of hydrogen-bond acceptors (Lipinski definition) is 8. The van der Waals surface area contributed by atoms with Crippen LogP contribution in [-0.4, -0.2) is 31.3 Å². The lowest BCUT2D eigenvalue weighted by molar-refractivity contribution is -0.156. The average Bonchev–Trinajstić information content (AvgIpc) is 3.03. The molecule has 0 fully saturated rings. The lowest BCUT2D eigenvalue weighted by Crippen LogP contribution is -2.30. The quantitative estimate of drug-likeness (QED) is 0.458. The van der Waals surface area contributed by atoms with Crippen LogP contribution in [0, 0.1) is 0 Å². The molecule has 148 valence electrons. The molecule has 0 bridgehead atoms. The third kappa shape index (κ3) is 4.98. The molecule has 1 aromatic carbocycles. The van der Waals surface area contributed by atoms with Crippen LogP contribution in [0.15, 0.2) is 38.6 Å². The normalized spacial score (nSPS) is 11.7. The van der Waals surface area contributed by atoms with Crippen molar-refractivity contribution in [1.82, 2.24) is 19.7 Å². The van der Waals surface area contributed by atoms with Crippen LogP contribution >= 0.6 is 11.8 Å². The summed E-state index contributed by atoms with van der Waals surface area (Å²) in [6, 6.07) is 7.46. The lowest BCUT2D eigenvalue weighted by atomic mass is 10.2. The first kappa shape index (κ1) is 20.1. The van der Waals surface area contributed by atoms with E-state index >= 15 is 0 Å². The number of aryl methyl sites for hydroxylation is 1. The van der Waals surface area contributed by atoms with Crippen LogP contribution in [0.3, 0.4) is 0 Å². The first-order valence-electron chi connectivity index (χ1n) is 8.92. The molecule has 9 heteroatoms. The van der Waals surface area contributed by atoms with Crippen LogP contribution in [-0.2, 0) is 28.2 Å². The number of aromatic nitrogens is 4. The van der Waals surface area contributed by atoms with Gasteiger partial charge in [0.25, 0.3) is 5.56 Å². The Bertz CT molecular complexity index is 1020. The fourth-order valence-corrected chi connectivity index (χ4v) is 3.25. The van der Waals surface area contributed by atoms with Crippen LogP contribution in [0.4, 0.5) is 0 Å². The monoisotopic (exact) mass is 402 g/mol. The highest BCUT2D eigenvalue weighted by Gasteiger charge is 2.20. The Morgan fingerprint density at radius 2 is 2.00 bits per heavy atom. The number of nitrogens with zero attached hydrogens (tertiary/aromatic N) is 4. The lowest BCUT2D eigenvalue weighted by Gasteiger charge is -2.20. The van der Waals surface area contributed by atoms with Gasteiger partial charge in [-0.3, -0.25) is 9.59 Å². The van der Waals surface area contributed by atoms with Crippen LogP contribution in [0.25, 0.3) is 11.1 Å². The molecule has 3 aromatic rings. The summed E-state index contributed by atoms with van der Waals surface area (Å²) in [5.74, 6) is 0.405. The van der Waals surface area contributed by atoms with Crippen LogP contribution in [0.5, 0.6) is 0 Å². The summed E-state index contributed by atoms with van der Waals surface area (Å²) >= 11 is 1.23. The summed E-state index contributed by atoms with van der Waals surface area (Å²) in [4.78, 5) is 32.9. The highest BCUT2D eigenvalue weighted by molar-refractivity contribution is 7.98. The number of thioether (sulfide) groups is 1. The second kappa shape index (κ2) is 8.14. The van der Waals surface area contributed by atoms with Crippen molar-refractivity contribution in [3.63, 3.8) is 0 Å². The second-order valence-corrected chi connectivity index (χ2v) is 8.05. The first-order valence-corrected chi connectivity index (χ1v) is 9.91. The van der Waals surface area contributed by atoms with Crippen molar-refractivity contribution in [1.29, 1.82) is 0 Å². The number of ether oxygens (including phenoxy) is 1. The Balaban J connectivity index is 1.82. The van der Waals surface area contributed by atoms with Gasteiger partial charge < -0.3 is 9.15 Å². The SMILES string of the molecule is CCc1nn(CC(=O)OC(C)(C)C)c(SCc2nc3ccccc3o2)nc1=O. The van der Waals surface area contributed by atoms with Crippen LogP contribution in [0.1, 0.15) is 39.3 Å². The molecule has 0 saturated heterocycles. The van der Waals surface area contributed by atoms with E-state index in [2.05, 4.69) is 15.1 Å². The largest absolute Gasteiger partial charge is 0.459 e. The summed E-state index contributed by atoms with van der Waals surface area (Å²) in [6.45, 7) is 7.06. The maximum atomic E-state index is 12.2. The van der Waals surface area contributed by atoms with E-state index in [-0.39, 0.29) is 6.54 Å². The predicted octanol–water partition coefficient (Wildman–Crippen LogP) is 2.98. The summed E-state index contributed by atoms with van der Waals surface area (Å²) < 4.78 is 12.5. The van der Waals surface area contributed by atoms with Crippen molar-refractivity contribution in [3.05, 3.63) is 46.2 Å². The van der Waals surface area contributed by atoms with Crippen LogP contribution in [0.2, 0.25) is 0 Å². The highest BCUT2D eigenvalue weighted by Crippen LogP contribution is 2.23. The Morgan fingerprint density at radius 1 is 1.25 bits per heavy atom. The molecule has 3 rings (SSSR count). The molecular formula is C19H22N4O4S. The molecule has 0 radical (unpaired) electrons. The van der Waals surface area contributed by atoms with Gasteiger partial charge in [0.1, 0.15) is 23.4 Å². The zero-order valence-electron chi connectivity index (χ0n) is 16.3. The molecule has 0 spiro atoms. The molecule has 0 amide bonds. The van der Waals surface area contributed by atoms with Gasteiger partial charge in [0.2, 0.25) is 5.89 Å². The zero-order chi connectivity index (χ0) is 20.3. The molecule has 2 aromatic heterocycles. The molecule has 0 N–H and O–H groups in total. The molecular weight excluding hydrogens is 380 g/mol. The topological polar surface area (TPSA) is 100 Å². The molecule has 0 unspecified atom stereocenters. The Morgan fingerprint density at radius 3 is 2.68 bits per heavy atom.